The highest BCUT2D eigenvalue weighted by atomic mass is 32.1. The maximum absolute atomic E-state index is 12.7. The van der Waals surface area contributed by atoms with E-state index in [2.05, 4.69) is 11.4 Å². The van der Waals surface area contributed by atoms with Gasteiger partial charge in [-0.15, -0.1) is 11.3 Å². The molecule has 1 aromatic carbocycles. The molecule has 0 saturated carbocycles. The summed E-state index contributed by atoms with van der Waals surface area (Å²) in [6.45, 7) is 3.91. The molecule has 0 aliphatic carbocycles. The molecule has 0 bridgehead atoms. The van der Waals surface area contributed by atoms with Gasteiger partial charge in [-0.25, -0.2) is 0 Å². The maximum Gasteiger partial charge on any atom is 0.254 e. The molecule has 1 aliphatic heterocycles. The fraction of sp³-hybridized carbons (Fsp3) is 0.353. The number of carbonyl (C=O) groups is 1. The Balaban J connectivity index is 1.82. The zero-order valence-corrected chi connectivity index (χ0v) is 13.6. The van der Waals surface area contributed by atoms with Crippen LogP contribution in [0, 0.1) is 0 Å². The van der Waals surface area contributed by atoms with Crippen LogP contribution in [0.3, 0.4) is 0 Å². The van der Waals surface area contributed by atoms with Gasteiger partial charge in [-0.2, -0.15) is 0 Å². The minimum absolute atomic E-state index is 0.0421. The van der Waals surface area contributed by atoms with Gasteiger partial charge >= 0.3 is 0 Å². The van der Waals surface area contributed by atoms with Gasteiger partial charge in [-0.05, 0) is 48.6 Å². The van der Waals surface area contributed by atoms with Crippen molar-refractivity contribution in [1.82, 2.24) is 4.90 Å². The lowest BCUT2D eigenvalue weighted by molar-refractivity contribution is 0.0735. The normalized spacial score (nSPS) is 13.6. The Kier molecular flexibility index (Phi) is 4.34. The van der Waals surface area contributed by atoms with Crippen molar-refractivity contribution in [3.8, 4) is 11.5 Å². The van der Waals surface area contributed by atoms with Gasteiger partial charge in [0.1, 0.15) is 0 Å². The number of carbonyl (C=O) groups excluding carboxylic acids is 1. The number of ether oxygens (including phenoxy) is 2. The molecule has 22 heavy (non-hydrogen) atoms. The van der Waals surface area contributed by atoms with Crippen LogP contribution in [0.5, 0.6) is 11.5 Å². The summed E-state index contributed by atoms with van der Waals surface area (Å²) in [5.74, 6) is 1.31. The Labute approximate surface area is 134 Å². The summed E-state index contributed by atoms with van der Waals surface area (Å²) in [5.41, 5.74) is 1.91. The predicted molar refractivity (Wildman–Crippen MR) is 86.9 cm³/mol. The monoisotopic (exact) mass is 317 g/mol. The van der Waals surface area contributed by atoms with E-state index in [0.717, 1.165) is 13.0 Å². The topological polar surface area (TPSA) is 38.8 Å². The molecule has 0 unspecified atom stereocenters. The van der Waals surface area contributed by atoms with E-state index < -0.39 is 0 Å². The molecule has 4 nitrogen and oxygen atoms in total. The van der Waals surface area contributed by atoms with E-state index in [9.17, 15) is 4.79 Å². The summed E-state index contributed by atoms with van der Waals surface area (Å²) >= 11 is 1.77. The van der Waals surface area contributed by atoms with Crippen molar-refractivity contribution >= 4 is 17.2 Å². The van der Waals surface area contributed by atoms with Gasteiger partial charge in [0.25, 0.3) is 5.91 Å². The first-order valence-electron chi connectivity index (χ1n) is 7.38. The lowest BCUT2D eigenvalue weighted by Crippen LogP contribution is -2.35. The van der Waals surface area contributed by atoms with Gasteiger partial charge in [0.2, 0.25) is 0 Å². The first-order valence-corrected chi connectivity index (χ1v) is 8.26. The number of fused-ring (bicyclic) bond motifs is 1. The fourth-order valence-corrected chi connectivity index (χ4v) is 3.57. The van der Waals surface area contributed by atoms with Crippen molar-refractivity contribution in [2.75, 3.05) is 20.3 Å². The van der Waals surface area contributed by atoms with Crippen LogP contribution in [0.15, 0.2) is 29.6 Å². The minimum Gasteiger partial charge on any atom is -0.493 e. The maximum atomic E-state index is 12.7. The molecule has 1 aromatic heterocycles. The third kappa shape index (κ3) is 2.81. The quantitative estimate of drug-likeness (QED) is 0.868. The summed E-state index contributed by atoms with van der Waals surface area (Å²) in [6.07, 6.45) is 0.938. The van der Waals surface area contributed by atoms with Crippen LogP contribution in [0.2, 0.25) is 0 Å². The number of benzene rings is 1. The van der Waals surface area contributed by atoms with Crippen molar-refractivity contribution in [3.63, 3.8) is 0 Å². The molecule has 2 aromatic rings. The van der Waals surface area contributed by atoms with Gasteiger partial charge in [0.05, 0.1) is 13.7 Å². The van der Waals surface area contributed by atoms with Crippen molar-refractivity contribution in [3.05, 3.63) is 45.6 Å². The number of methoxy groups -OCH3 is 1. The van der Waals surface area contributed by atoms with E-state index in [1.165, 1.54) is 10.4 Å². The van der Waals surface area contributed by atoms with Crippen LogP contribution < -0.4 is 9.47 Å². The van der Waals surface area contributed by atoms with Gasteiger partial charge in [0, 0.05) is 23.5 Å². The molecular weight excluding hydrogens is 298 g/mol. The molecule has 0 atom stereocenters. The van der Waals surface area contributed by atoms with Crippen LogP contribution in [0.4, 0.5) is 0 Å². The van der Waals surface area contributed by atoms with Crippen molar-refractivity contribution in [1.29, 1.82) is 0 Å². The molecule has 0 spiro atoms. The van der Waals surface area contributed by atoms with Crippen molar-refractivity contribution in [2.24, 2.45) is 0 Å². The molecule has 0 N–H and O–H groups in total. The van der Waals surface area contributed by atoms with E-state index in [1.54, 1.807) is 36.6 Å². The lowest BCUT2D eigenvalue weighted by atomic mass is 10.1. The third-order valence-corrected chi connectivity index (χ3v) is 4.83. The Morgan fingerprint density at radius 2 is 2.18 bits per heavy atom. The smallest absolute Gasteiger partial charge is 0.254 e. The molecule has 116 valence electrons. The largest absolute Gasteiger partial charge is 0.493 e. The highest BCUT2D eigenvalue weighted by molar-refractivity contribution is 7.10. The van der Waals surface area contributed by atoms with Crippen LogP contribution in [-0.4, -0.2) is 31.1 Å². The molecule has 1 aliphatic rings. The highest BCUT2D eigenvalue weighted by Crippen LogP contribution is 2.30. The zero-order valence-electron chi connectivity index (χ0n) is 12.8. The van der Waals surface area contributed by atoms with E-state index in [1.807, 2.05) is 11.8 Å². The standard InChI is InChI=1S/C17H19NO3S/c1-3-21-15-10-12(4-5-14(15)20-2)17(19)18-8-6-16-13(11-18)7-9-22-16/h4-5,7,9-10H,3,6,8,11H2,1-2H3. The second-order valence-electron chi connectivity index (χ2n) is 5.14. The number of hydrogen-bond acceptors (Lipinski definition) is 4. The van der Waals surface area contributed by atoms with Gasteiger partial charge in [-0.1, -0.05) is 0 Å². The molecule has 2 heterocycles. The van der Waals surface area contributed by atoms with E-state index >= 15 is 0 Å². The van der Waals surface area contributed by atoms with Crippen LogP contribution >= 0.6 is 11.3 Å². The number of thiophene rings is 1. The molecular formula is C17H19NO3S. The lowest BCUT2D eigenvalue weighted by Gasteiger charge is -2.27. The summed E-state index contributed by atoms with van der Waals surface area (Å²) in [7, 11) is 1.60. The molecule has 0 saturated heterocycles. The number of hydrogen-bond donors (Lipinski definition) is 0. The average molecular weight is 317 g/mol. The van der Waals surface area contributed by atoms with E-state index in [-0.39, 0.29) is 5.91 Å². The van der Waals surface area contributed by atoms with E-state index in [0.29, 0.717) is 30.2 Å². The number of nitrogens with zero attached hydrogens (tertiary/aromatic N) is 1. The average Bonchev–Trinajstić information content (AvgIpc) is 3.02. The Morgan fingerprint density at radius 3 is 2.95 bits per heavy atom. The zero-order chi connectivity index (χ0) is 15.5. The molecule has 3 rings (SSSR count). The van der Waals surface area contributed by atoms with Crippen LogP contribution in [0.1, 0.15) is 27.7 Å². The Bertz CT molecular complexity index is 680. The highest BCUT2D eigenvalue weighted by Gasteiger charge is 2.23. The van der Waals surface area contributed by atoms with Crippen molar-refractivity contribution in [2.45, 2.75) is 19.9 Å². The predicted octanol–water partition coefficient (Wildman–Crippen LogP) is 3.35. The van der Waals surface area contributed by atoms with Gasteiger partial charge in [-0.3, -0.25) is 4.79 Å². The Hall–Kier alpha value is -2.01. The number of amides is 1. The second kappa shape index (κ2) is 6.40. The minimum atomic E-state index is 0.0421. The molecule has 5 heteroatoms. The summed E-state index contributed by atoms with van der Waals surface area (Å²) < 4.78 is 10.8. The van der Waals surface area contributed by atoms with Crippen LogP contribution in [0.25, 0.3) is 0 Å². The second-order valence-corrected chi connectivity index (χ2v) is 6.15. The van der Waals surface area contributed by atoms with Gasteiger partial charge in [0.15, 0.2) is 11.5 Å². The summed E-state index contributed by atoms with van der Waals surface area (Å²) in [6, 6.07) is 7.47. The Morgan fingerprint density at radius 1 is 1.32 bits per heavy atom. The van der Waals surface area contributed by atoms with Crippen molar-refractivity contribution < 1.29 is 14.3 Å². The van der Waals surface area contributed by atoms with Crippen LogP contribution in [-0.2, 0) is 13.0 Å². The molecule has 0 radical (unpaired) electrons. The third-order valence-electron chi connectivity index (χ3n) is 3.81. The first kappa shape index (κ1) is 14.9. The van der Waals surface area contributed by atoms with E-state index in [4.69, 9.17) is 9.47 Å². The first-order chi connectivity index (χ1) is 10.7. The van der Waals surface area contributed by atoms with Gasteiger partial charge < -0.3 is 14.4 Å². The fourth-order valence-electron chi connectivity index (χ4n) is 2.68. The molecule has 1 amide bonds. The SMILES string of the molecule is CCOc1cc(C(=O)N2CCc3sccc3C2)ccc1OC. The number of rotatable bonds is 4. The summed E-state index contributed by atoms with van der Waals surface area (Å²) in [5, 5.41) is 2.10. The summed E-state index contributed by atoms with van der Waals surface area (Å²) in [4.78, 5) is 16.0. The molecule has 0 fully saturated rings.